The summed E-state index contributed by atoms with van der Waals surface area (Å²) in [5.74, 6) is 2.18. The van der Waals surface area contributed by atoms with Crippen molar-refractivity contribution in [2.75, 3.05) is 12.4 Å². The first-order valence-corrected chi connectivity index (χ1v) is 7.85. The number of benzene rings is 1. The molecule has 2 heteroatoms. The maximum atomic E-state index is 5.75. The highest BCUT2D eigenvalue weighted by Crippen LogP contribution is 2.23. The van der Waals surface area contributed by atoms with Crippen LogP contribution < -0.4 is 4.74 Å². The van der Waals surface area contributed by atoms with Crippen LogP contribution in [0.2, 0.25) is 0 Å². The summed E-state index contributed by atoms with van der Waals surface area (Å²) in [4.78, 5) is 1.33. The van der Waals surface area contributed by atoms with Crippen LogP contribution in [0.15, 0.2) is 29.2 Å². The van der Waals surface area contributed by atoms with Gasteiger partial charge in [0.2, 0.25) is 0 Å². The van der Waals surface area contributed by atoms with Gasteiger partial charge in [-0.2, -0.15) is 0 Å². The van der Waals surface area contributed by atoms with Gasteiger partial charge in [-0.3, -0.25) is 0 Å². The van der Waals surface area contributed by atoms with Crippen molar-refractivity contribution in [3.05, 3.63) is 24.3 Å². The Hall–Kier alpha value is -0.630. The van der Waals surface area contributed by atoms with Gasteiger partial charge < -0.3 is 4.74 Å². The Kier molecular flexibility index (Phi) is 6.62. The molecular formula is C16H26OS. The van der Waals surface area contributed by atoms with Crippen molar-refractivity contribution in [1.82, 2.24) is 0 Å². The smallest absolute Gasteiger partial charge is 0.119 e. The highest BCUT2D eigenvalue weighted by molar-refractivity contribution is 7.99. The Morgan fingerprint density at radius 3 is 2.33 bits per heavy atom. The quantitative estimate of drug-likeness (QED) is 0.483. The van der Waals surface area contributed by atoms with Crippen molar-refractivity contribution in [3.8, 4) is 5.75 Å². The maximum absolute atomic E-state index is 5.75. The van der Waals surface area contributed by atoms with E-state index in [1.165, 1.54) is 23.5 Å². The molecule has 0 aromatic heterocycles. The lowest BCUT2D eigenvalue weighted by atomic mass is 9.91. The van der Waals surface area contributed by atoms with Crippen LogP contribution in [0.25, 0.3) is 0 Å². The van der Waals surface area contributed by atoms with E-state index in [2.05, 4.69) is 52.0 Å². The fourth-order valence-corrected chi connectivity index (χ4v) is 2.41. The molecule has 0 bridgehead atoms. The van der Waals surface area contributed by atoms with Gasteiger partial charge in [0.25, 0.3) is 0 Å². The highest BCUT2D eigenvalue weighted by atomic mass is 32.2. The molecular weight excluding hydrogens is 240 g/mol. The second-order valence-corrected chi connectivity index (χ2v) is 7.00. The maximum Gasteiger partial charge on any atom is 0.119 e. The third-order valence-electron chi connectivity index (χ3n) is 2.64. The molecule has 1 aromatic rings. The summed E-state index contributed by atoms with van der Waals surface area (Å²) < 4.78 is 5.75. The summed E-state index contributed by atoms with van der Waals surface area (Å²) in [6.07, 6.45) is 3.54. The van der Waals surface area contributed by atoms with Gasteiger partial charge in [0.1, 0.15) is 5.75 Å². The summed E-state index contributed by atoms with van der Waals surface area (Å²) in [5, 5.41) is 0. The van der Waals surface area contributed by atoms with Gasteiger partial charge in [-0.1, -0.05) is 27.7 Å². The first-order chi connectivity index (χ1) is 8.51. The van der Waals surface area contributed by atoms with Crippen LogP contribution in [0, 0.1) is 5.41 Å². The minimum atomic E-state index is 0.407. The second-order valence-electron chi connectivity index (χ2n) is 5.83. The number of rotatable bonds is 7. The Bertz CT molecular complexity index is 324. The van der Waals surface area contributed by atoms with E-state index in [0.717, 1.165) is 18.8 Å². The van der Waals surface area contributed by atoms with Gasteiger partial charge in [0.05, 0.1) is 6.61 Å². The first-order valence-electron chi connectivity index (χ1n) is 6.87. The van der Waals surface area contributed by atoms with Crippen LogP contribution in [0.5, 0.6) is 5.75 Å². The molecule has 0 amide bonds. The number of thioether (sulfide) groups is 1. The van der Waals surface area contributed by atoms with Crippen LogP contribution in [-0.2, 0) is 0 Å². The predicted octanol–water partition coefficient (Wildman–Crippen LogP) is 5.39. The van der Waals surface area contributed by atoms with Crippen LogP contribution in [0.1, 0.15) is 47.0 Å². The Morgan fingerprint density at radius 2 is 1.78 bits per heavy atom. The molecule has 0 saturated carbocycles. The second kappa shape index (κ2) is 7.73. The van der Waals surface area contributed by atoms with Crippen molar-refractivity contribution in [2.45, 2.75) is 51.9 Å². The molecule has 18 heavy (non-hydrogen) atoms. The van der Waals surface area contributed by atoms with E-state index in [-0.39, 0.29) is 0 Å². The SMILES string of the molecule is CCCSc1ccc(OCCCC(C)(C)C)cc1. The molecule has 0 spiro atoms. The summed E-state index contributed by atoms with van der Waals surface area (Å²) >= 11 is 1.91. The molecule has 0 N–H and O–H groups in total. The predicted molar refractivity (Wildman–Crippen MR) is 81.6 cm³/mol. The summed E-state index contributed by atoms with van der Waals surface area (Å²) in [5.41, 5.74) is 0.407. The Morgan fingerprint density at radius 1 is 1.11 bits per heavy atom. The zero-order valence-corrected chi connectivity index (χ0v) is 13.0. The lowest BCUT2D eigenvalue weighted by molar-refractivity contribution is 0.269. The van der Waals surface area contributed by atoms with Crippen molar-refractivity contribution in [2.24, 2.45) is 5.41 Å². The minimum absolute atomic E-state index is 0.407. The van der Waals surface area contributed by atoms with E-state index >= 15 is 0 Å². The van der Waals surface area contributed by atoms with Crippen molar-refractivity contribution in [1.29, 1.82) is 0 Å². The van der Waals surface area contributed by atoms with E-state index in [0.29, 0.717) is 5.41 Å². The Balaban J connectivity index is 2.26. The molecule has 0 saturated heterocycles. The highest BCUT2D eigenvalue weighted by Gasteiger charge is 2.09. The molecule has 0 atom stereocenters. The van der Waals surface area contributed by atoms with E-state index < -0.39 is 0 Å². The lowest BCUT2D eigenvalue weighted by Crippen LogP contribution is -2.07. The summed E-state index contributed by atoms with van der Waals surface area (Å²) in [7, 11) is 0. The lowest BCUT2D eigenvalue weighted by Gasteiger charge is -2.17. The third-order valence-corrected chi connectivity index (χ3v) is 3.85. The van der Waals surface area contributed by atoms with Gasteiger partial charge in [0, 0.05) is 4.90 Å². The third kappa shape index (κ3) is 6.95. The molecule has 1 rings (SSSR count). The van der Waals surface area contributed by atoms with Crippen molar-refractivity contribution < 1.29 is 4.74 Å². The Labute approximate surface area is 116 Å². The molecule has 1 nitrogen and oxygen atoms in total. The normalized spacial score (nSPS) is 11.6. The molecule has 0 aliphatic heterocycles. The van der Waals surface area contributed by atoms with E-state index in [9.17, 15) is 0 Å². The van der Waals surface area contributed by atoms with Gasteiger partial charge in [-0.05, 0) is 54.7 Å². The standard InChI is InChI=1S/C16H26OS/c1-5-13-18-15-9-7-14(8-10-15)17-12-6-11-16(2,3)4/h7-10H,5-6,11-13H2,1-4H3. The molecule has 0 heterocycles. The molecule has 0 aliphatic rings. The number of hydrogen-bond donors (Lipinski definition) is 0. The van der Waals surface area contributed by atoms with E-state index in [1.807, 2.05) is 11.8 Å². The van der Waals surface area contributed by atoms with Crippen LogP contribution in [0.4, 0.5) is 0 Å². The number of hydrogen-bond acceptors (Lipinski definition) is 2. The molecule has 0 aliphatic carbocycles. The van der Waals surface area contributed by atoms with Crippen LogP contribution in [-0.4, -0.2) is 12.4 Å². The largest absolute Gasteiger partial charge is 0.494 e. The minimum Gasteiger partial charge on any atom is -0.494 e. The van der Waals surface area contributed by atoms with Crippen LogP contribution in [0.3, 0.4) is 0 Å². The van der Waals surface area contributed by atoms with E-state index in [1.54, 1.807) is 0 Å². The van der Waals surface area contributed by atoms with Crippen molar-refractivity contribution in [3.63, 3.8) is 0 Å². The molecule has 0 unspecified atom stereocenters. The molecule has 102 valence electrons. The molecule has 0 radical (unpaired) electrons. The topological polar surface area (TPSA) is 9.23 Å². The molecule has 0 fully saturated rings. The number of ether oxygens (including phenoxy) is 1. The summed E-state index contributed by atoms with van der Waals surface area (Å²) in [6.45, 7) is 9.84. The van der Waals surface area contributed by atoms with Gasteiger partial charge in [0.15, 0.2) is 0 Å². The monoisotopic (exact) mass is 266 g/mol. The van der Waals surface area contributed by atoms with Crippen molar-refractivity contribution >= 4 is 11.8 Å². The zero-order valence-electron chi connectivity index (χ0n) is 12.2. The fraction of sp³-hybridized carbons (Fsp3) is 0.625. The average Bonchev–Trinajstić information content (AvgIpc) is 2.32. The first kappa shape index (κ1) is 15.4. The van der Waals surface area contributed by atoms with Crippen LogP contribution >= 0.6 is 11.8 Å². The van der Waals surface area contributed by atoms with Gasteiger partial charge >= 0.3 is 0 Å². The molecule has 1 aromatic carbocycles. The van der Waals surface area contributed by atoms with Gasteiger partial charge in [-0.25, -0.2) is 0 Å². The zero-order chi connectivity index (χ0) is 13.4. The fourth-order valence-electron chi connectivity index (χ4n) is 1.64. The van der Waals surface area contributed by atoms with E-state index in [4.69, 9.17) is 4.74 Å². The summed E-state index contributed by atoms with van der Waals surface area (Å²) in [6, 6.07) is 8.46. The van der Waals surface area contributed by atoms with Gasteiger partial charge in [-0.15, -0.1) is 11.8 Å². The average molecular weight is 266 g/mol.